The zero-order valence-corrected chi connectivity index (χ0v) is 15.5. The van der Waals surface area contributed by atoms with Gasteiger partial charge in [-0.15, -0.1) is 11.3 Å². The number of rotatable bonds is 4. The van der Waals surface area contributed by atoms with E-state index in [0.29, 0.717) is 21.5 Å². The van der Waals surface area contributed by atoms with E-state index in [1.165, 1.54) is 27.1 Å². The van der Waals surface area contributed by atoms with Crippen molar-refractivity contribution in [2.75, 3.05) is 5.32 Å². The SMILES string of the molecule is N#Cc1c(NC(=O)CCn2cnc3ccccc3c2=O)sc2c1CCCC2. The van der Waals surface area contributed by atoms with Crippen molar-refractivity contribution in [1.82, 2.24) is 9.55 Å². The molecule has 0 saturated carbocycles. The number of nitriles is 1. The topological polar surface area (TPSA) is 87.8 Å². The lowest BCUT2D eigenvalue weighted by molar-refractivity contribution is -0.116. The number of benzene rings is 1. The van der Waals surface area contributed by atoms with Gasteiger partial charge in [-0.05, 0) is 43.4 Å². The summed E-state index contributed by atoms with van der Waals surface area (Å²) in [5.74, 6) is -0.204. The molecule has 0 bridgehead atoms. The fourth-order valence-corrected chi connectivity index (χ4v) is 4.70. The lowest BCUT2D eigenvalue weighted by Gasteiger charge is -2.09. The molecular weight excluding hydrogens is 360 g/mol. The number of fused-ring (bicyclic) bond motifs is 2. The predicted molar refractivity (Wildman–Crippen MR) is 105 cm³/mol. The number of nitrogens with zero attached hydrogens (tertiary/aromatic N) is 3. The first-order valence-electron chi connectivity index (χ1n) is 8.96. The molecule has 0 radical (unpaired) electrons. The van der Waals surface area contributed by atoms with Crippen LogP contribution in [0.4, 0.5) is 5.00 Å². The van der Waals surface area contributed by atoms with E-state index >= 15 is 0 Å². The molecule has 1 aromatic carbocycles. The van der Waals surface area contributed by atoms with Gasteiger partial charge in [0.25, 0.3) is 5.56 Å². The second-order valence-electron chi connectivity index (χ2n) is 6.59. The third kappa shape index (κ3) is 3.36. The number of thiophene rings is 1. The van der Waals surface area contributed by atoms with Gasteiger partial charge in [0.15, 0.2) is 0 Å². The predicted octanol–water partition coefficient (Wildman–Crippen LogP) is 3.24. The largest absolute Gasteiger partial charge is 0.317 e. The first-order chi connectivity index (χ1) is 13.2. The molecule has 27 heavy (non-hydrogen) atoms. The third-order valence-corrected chi connectivity index (χ3v) is 6.05. The lowest BCUT2D eigenvalue weighted by Crippen LogP contribution is -2.23. The molecule has 3 aromatic rings. The van der Waals surface area contributed by atoms with Crippen molar-refractivity contribution in [3.8, 4) is 6.07 Å². The Morgan fingerprint density at radius 3 is 2.96 bits per heavy atom. The van der Waals surface area contributed by atoms with Gasteiger partial charge in [0, 0.05) is 17.8 Å². The molecule has 7 heteroatoms. The van der Waals surface area contributed by atoms with Gasteiger partial charge in [-0.3, -0.25) is 14.2 Å². The van der Waals surface area contributed by atoms with Gasteiger partial charge in [-0.1, -0.05) is 12.1 Å². The normalized spacial score (nSPS) is 13.1. The Balaban J connectivity index is 1.48. The van der Waals surface area contributed by atoms with Crippen LogP contribution in [0.2, 0.25) is 0 Å². The van der Waals surface area contributed by atoms with Gasteiger partial charge in [0.1, 0.15) is 11.1 Å². The minimum absolute atomic E-state index is 0.146. The molecule has 0 spiro atoms. The van der Waals surface area contributed by atoms with E-state index in [0.717, 1.165) is 31.2 Å². The molecule has 1 N–H and O–H groups in total. The van der Waals surface area contributed by atoms with Gasteiger partial charge < -0.3 is 5.32 Å². The number of carbonyl (C=O) groups is 1. The van der Waals surface area contributed by atoms with Gasteiger partial charge >= 0.3 is 0 Å². The maximum atomic E-state index is 12.5. The van der Waals surface area contributed by atoms with Crippen LogP contribution >= 0.6 is 11.3 Å². The number of aromatic nitrogens is 2. The number of nitrogens with one attached hydrogen (secondary N) is 1. The van der Waals surface area contributed by atoms with E-state index in [1.54, 1.807) is 18.2 Å². The Kier molecular flexibility index (Phi) is 4.73. The van der Waals surface area contributed by atoms with Gasteiger partial charge in [0.2, 0.25) is 5.91 Å². The first-order valence-corrected chi connectivity index (χ1v) is 9.77. The van der Waals surface area contributed by atoms with E-state index in [9.17, 15) is 14.9 Å². The Bertz CT molecular complexity index is 1120. The molecule has 0 aliphatic heterocycles. The summed E-state index contributed by atoms with van der Waals surface area (Å²) in [4.78, 5) is 30.4. The average molecular weight is 378 g/mol. The summed E-state index contributed by atoms with van der Waals surface area (Å²) in [5, 5.41) is 13.5. The molecule has 0 unspecified atom stereocenters. The van der Waals surface area contributed by atoms with E-state index in [4.69, 9.17) is 0 Å². The van der Waals surface area contributed by atoms with Crippen molar-refractivity contribution in [2.24, 2.45) is 0 Å². The molecule has 1 amide bonds. The molecule has 6 nitrogen and oxygen atoms in total. The zero-order valence-electron chi connectivity index (χ0n) is 14.7. The number of para-hydroxylation sites is 1. The fourth-order valence-electron chi connectivity index (χ4n) is 3.45. The Labute approximate surface area is 160 Å². The van der Waals surface area contributed by atoms with E-state index in [-0.39, 0.29) is 24.4 Å². The summed E-state index contributed by atoms with van der Waals surface area (Å²) in [6, 6.07) is 9.39. The lowest BCUT2D eigenvalue weighted by atomic mass is 9.96. The van der Waals surface area contributed by atoms with E-state index in [1.807, 2.05) is 6.07 Å². The van der Waals surface area contributed by atoms with Gasteiger partial charge in [0.05, 0.1) is 22.8 Å². The van der Waals surface area contributed by atoms with Gasteiger partial charge in [-0.2, -0.15) is 5.26 Å². The van der Waals surface area contributed by atoms with Gasteiger partial charge in [-0.25, -0.2) is 4.98 Å². The van der Waals surface area contributed by atoms with Crippen molar-refractivity contribution < 1.29 is 4.79 Å². The second-order valence-corrected chi connectivity index (χ2v) is 7.69. The molecule has 0 fully saturated rings. The Morgan fingerprint density at radius 2 is 2.11 bits per heavy atom. The summed E-state index contributed by atoms with van der Waals surface area (Å²) >= 11 is 1.51. The minimum atomic E-state index is -0.204. The minimum Gasteiger partial charge on any atom is -0.317 e. The van der Waals surface area contributed by atoms with Crippen LogP contribution in [0.25, 0.3) is 10.9 Å². The molecular formula is C20H18N4O2S. The van der Waals surface area contributed by atoms with Crippen LogP contribution in [0.1, 0.15) is 35.3 Å². The monoisotopic (exact) mass is 378 g/mol. The summed E-state index contributed by atoms with van der Waals surface area (Å²) < 4.78 is 1.45. The Morgan fingerprint density at radius 1 is 1.30 bits per heavy atom. The van der Waals surface area contributed by atoms with Crippen LogP contribution < -0.4 is 10.9 Å². The van der Waals surface area contributed by atoms with Crippen molar-refractivity contribution in [3.63, 3.8) is 0 Å². The maximum absolute atomic E-state index is 12.5. The van der Waals surface area contributed by atoms with Crippen molar-refractivity contribution in [3.05, 3.63) is 57.0 Å². The number of carbonyl (C=O) groups excluding carboxylic acids is 1. The first kappa shape index (κ1) is 17.4. The zero-order chi connectivity index (χ0) is 18.8. The molecule has 2 heterocycles. The number of aryl methyl sites for hydroxylation is 2. The second kappa shape index (κ2) is 7.33. The number of hydrogen-bond donors (Lipinski definition) is 1. The molecule has 4 rings (SSSR count). The summed E-state index contributed by atoms with van der Waals surface area (Å²) in [6.07, 6.45) is 5.72. The van der Waals surface area contributed by atoms with E-state index in [2.05, 4.69) is 16.4 Å². The van der Waals surface area contributed by atoms with Crippen LogP contribution in [0.5, 0.6) is 0 Å². The highest BCUT2D eigenvalue weighted by atomic mass is 32.1. The smallest absolute Gasteiger partial charge is 0.261 e. The summed E-state index contributed by atoms with van der Waals surface area (Å²) in [6.45, 7) is 0.246. The standard InChI is InChI=1S/C20H18N4O2S/c21-11-15-13-5-2-4-8-17(13)27-19(15)23-18(25)9-10-24-12-22-16-7-3-1-6-14(16)20(24)26/h1,3,6-7,12H,2,4-5,8-10H2,(H,23,25). The maximum Gasteiger partial charge on any atom is 0.261 e. The quantitative estimate of drug-likeness (QED) is 0.755. The van der Waals surface area contributed by atoms with Crippen molar-refractivity contribution in [2.45, 2.75) is 38.6 Å². The third-order valence-electron chi connectivity index (χ3n) is 4.85. The number of hydrogen-bond acceptors (Lipinski definition) is 5. The molecule has 2 aromatic heterocycles. The number of amides is 1. The highest BCUT2D eigenvalue weighted by Crippen LogP contribution is 2.37. The number of anilines is 1. The van der Waals surface area contributed by atoms with Crippen LogP contribution in [0.3, 0.4) is 0 Å². The van der Waals surface area contributed by atoms with Crippen LogP contribution in [0.15, 0.2) is 35.4 Å². The summed E-state index contributed by atoms with van der Waals surface area (Å²) in [7, 11) is 0. The molecule has 136 valence electrons. The molecule has 1 aliphatic carbocycles. The van der Waals surface area contributed by atoms with Crippen LogP contribution in [0, 0.1) is 11.3 Å². The van der Waals surface area contributed by atoms with E-state index < -0.39 is 0 Å². The summed E-state index contributed by atoms with van der Waals surface area (Å²) in [5.41, 5.74) is 2.19. The van der Waals surface area contributed by atoms with Crippen molar-refractivity contribution >= 4 is 33.1 Å². The van der Waals surface area contributed by atoms with Crippen LogP contribution in [-0.2, 0) is 24.2 Å². The van der Waals surface area contributed by atoms with Crippen molar-refractivity contribution in [1.29, 1.82) is 5.26 Å². The van der Waals surface area contributed by atoms with Crippen LogP contribution in [-0.4, -0.2) is 15.5 Å². The Hall–Kier alpha value is -2.98. The fraction of sp³-hybridized carbons (Fsp3) is 0.300. The molecule has 0 saturated heterocycles. The highest BCUT2D eigenvalue weighted by molar-refractivity contribution is 7.16. The molecule has 1 aliphatic rings. The average Bonchev–Trinajstić information content (AvgIpc) is 3.04. The molecule has 0 atom stereocenters. The highest BCUT2D eigenvalue weighted by Gasteiger charge is 2.21.